The Bertz CT molecular complexity index is 894. The minimum absolute atomic E-state index is 0.141. The second kappa shape index (κ2) is 5.51. The number of halogens is 1. The summed E-state index contributed by atoms with van der Waals surface area (Å²) in [6.07, 6.45) is 2.82. The van der Waals surface area contributed by atoms with Crippen LogP contribution in [-0.4, -0.2) is 38.6 Å². The molecule has 1 amide bonds. The summed E-state index contributed by atoms with van der Waals surface area (Å²) >= 11 is 5.74. The lowest BCUT2D eigenvalue weighted by Gasteiger charge is -2.14. The van der Waals surface area contributed by atoms with Crippen molar-refractivity contribution < 1.29 is 9.53 Å². The number of carbonyl (C=O) groups excluding carboxylic acids is 1. The van der Waals surface area contributed by atoms with Gasteiger partial charge >= 0.3 is 0 Å². The molecule has 0 atom stereocenters. The van der Waals surface area contributed by atoms with Crippen molar-refractivity contribution in [3.63, 3.8) is 0 Å². The fourth-order valence-corrected chi connectivity index (χ4v) is 2.77. The lowest BCUT2D eigenvalue weighted by molar-refractivity contribution is -0.120. The maximum atomic E-state index is 12.4. The average Bonchev–Trinajstić information content (AvgIpc) is 3.11. The van der Waals surface area contributed by atoms with Gasteiger partial charge in [-0.15, -0.1) is 0 Å². The van der Waals surface area contributed by atoms with Gasteiger partial charge in [0.1, 0.15) is 0 Å². The number of nitrogens with zero attached hydrogens (tertiary/aromatic N) is 5. The minimum Gasteiger partial charge on any atom is -0.466 e. The monoisotopic (exact) mass is 329 g/mol. The number of carbonyl (C=O) groups is 1. The largest absolute Gasteiger partial charge is 0.466 e. The number of hydrogen-bond acceptors (Lipinski definition) is 5. The molecule has 0 bridgehead atoms. The van der Waals surface area contributed by atoms with E-state index in [1.54, 1.807) is 4.90 Å². The molecule has 3 aromatic rings. The van der Waals surface area contributed by atoms with Crippen LogP contribution in [0.2, 0.25) is 5.15 Å². The molecule has 0 saturated carbocycles. The van der Waals surface area contributed by atoms with E-state index >= 15 is 0 Å². The molecular weight excluding hydrogens is 318 g/mol. The van der Waals surface area contributed by atoms with E-state index in [1.807, 2.05) is 28.8 Å². The third-order valence-corrected chi connectivity index (χ3v) is 3.83. The van der Waals surface area contributed by atoms with Crippen molar-refractivity contribution in [1.29, 1.82) is 0 Å². The van der Waals surface area contributed by atoms with E-state index in [9.17, 15) is 4.79 Å². The van der Waals surface area contributed by atoms with Crippen molar-refractivity contribution in [1.82, 2.24) is 19.5 Å². The molecular formula is C15H12ClN5O2. The summed E-state index contributed by atoms with van der Waals surface area (Å²) in [5, 5.41) is 0.220. The number of imidazole rings is 1. The van der Waals surface area contributed by atoms with Crippen molar-refractivity contribution in [2.24, 2.45) is 0 Å². The zero-order valence-corrected chi connectivity index (χ0v) is 12.8. The first-order chi connectivity index (χ1) is 11.2. The van der Waals surface area contributed by atoms with E-state index in [0.717, 1.165) is 17.6 Å². The molecule has 2 aromatic heterocycles. The first-order valence-corrected chi connectivity index (χ1v) is 7.46. The number of anilines is 1. The lowest BCUT2D eigenvalue weighted by atomic mass is 10.3. The summed E-state index contributed by atoms with van der Waals surface area (Å²) in [5.74, 6) is 0.691. The molecule has 0 spiro atoms. The number of para-hydroxylation sites is 2. The Morgan fingerprint density at radius 2 is 2.09 bits per heavy atom. The standard InChI is InChI=1S/C15H12ClN5O2/c16-12-7-17-8-13(19-12)23-9-14(22)21-6-5-20-11-4-2-1-3-10(11)18-15(20)21/h1-4,7-8H,5-6,9H2. The molecule has 23 heavy (non-hydrogen) atoms. The molecule has 116 valence electrons. The van der Waals surface area contributed by atoms with E-state index in [1.165, 1.54) is 12.4 Å². The highest BCUT2D eigenvalue weighted by Crippen LogP contribution is 2.27. The normalized spacial score (nSPS) is 13.3. The lowest BCUT2D eigenvalue weighted by Crippen LogP contribution is -2.34. The average molecular weight is 330 g/mol. The summed E-state index contributed by atoms with van der Waals surface area (Å²) in [5.41, 5.74) is 1.90. The summed E-state index contributed by atoms with van der Waals surface area (Å²) in [7, 11) is 0. The molecule has 0 aliphatic carbocycles. The Morgan fingerprint density at radius 3 is 2.96 bits per heavy atom. The van der Waals surface area contributed by atoms with Crippen LogP contribution < -0.4 is 9.64 Å². The first-order valence-electron chi connectivity index (χ1n) is 7.08. The Balaban J connectivity index is 1.53. The fraction of sp³-hybridized carbons (Fsp3) is 0.200. The van der Waals surface area contributed by atoms with Crippen molar-refractivity contribution in [2.45, 2.75) is 6.54 Å². The summed E-state index contributed by atoms with van der Waals surface area (Å²) < 4.78 is 7.40. The van der Waals surface area contributed by atoms with Crippen LogP contribution in [0.1, 0.15) is 0 Å². The van der Waals surface area contributed by atoms with Gasteiger partial charge in [0.15, 0.2) is 11.8 Å². The molecule has 1 aliphatic rings. The van der Waals surface area contributed by atoms with Gasteiger partial charge in [-0.05, 0) is 12.1 Å². The highest BCUT2D eigenvalue weighted by atomic mass is 35.5. The maximum absolute atomic E-state index is 12.4. The number of hydrogen-bond donors (Lipinski definition) is 0. The van der Waals surface area contributed by atoms with Gasteiger partial charge in [-0.1, -0.05) is 23.7 Å². The van der Waals surface area contributed by atoms with Gasteiger partial charge in [0.25, 0.3) is 5.91 Å². The molecule has 7 nitrogen and oxygen atoms in total. The van der Waals surface area contributed by atoms with Gasteiger partial charge in [0.2, 0.25) is 11.8 Å². The molecule has 3 heterocycles. The SMILES string of the molecule is O=C(COc1cncc(Cl)n1)N1CCn2c1nc1ccccc12. The van der Waals surface area contributed by atoms with Crippen molar-refractivity contribution >= 4 is 34.5 Å². The van der Waals surface area contributed by atoms with E-state index in [4.69, 9.17) is 16.3 Å². The van der Waals surface area contributed by atoms with Crippen LogP contribution in [0.3, 0.4) is 0 Å². The van der Waals surface area contributed by atoms with Crippen LogP contribution in [0.4, 0.5) is 5.95 Å². The number of amides is 1. The van der Waals surface area contributed by atoms with Crippen LogP contribution in [0.25, 0.3) is 11.0 Å². The Kier molecular flexibility index (Phi) is 3.34. The number of aromatic nitrogens is 4. The molecule has 1 aromatic carbocycles. The molecule has 0 unspecified atom stereocenters. The molecule has 1 aliphatic heterocycles. The Hall–Kier alpha value is -2.67. The van der Waals surface area contributed by atoms with Crippen LogP contribution in [-0.2, 0) is 11.3 Å². The molecule has 0 N–H and O–H groups in total. The summed E-state index contributed by atoms with van der Waals surface area (Å²) in [4.78, 5) is 26.4. The van der Waals surface area contributed by atoms with Gasteiger partial charge in [-0.25, -0.2) is 4.98 Å². The van der Waals surface area contributed by atoms with E-state index in [2.05, 4.69) is 15.0 Å². The number of benzene rings is 1. The molecule has 4 rings (SSSR count). The Labute approximate surface area is 136 Å². The second-order valence-corrected chi connectivity index (χ2v) is 5.45. The van der Waals surface area contributed by atoms with Gasteiger partial charge in [-0.3, -0.25) is 14.7 Å². The smallest absolute Gasteiger partial charge is 0.267 e. The van der Waals surface area contributed by atoms with Gasteiger partial charge in [0, 0.05) is 13.1 Å². The van der Waals surface area contributed by atoms with Crippen molar-refractivity contribution in [3.05, 3.63) is 41.8 Å². The molecule has 8 heteroatoms. The third-order valence-electron chi connectivity index (χ3n) is 3.65. The zero-order valence-electron chi connectivity index (χ0n) is 12.0. The van der Waals surface area contributed by atoms with E-state index < -0.39 is 0 Å². The first kappa shape index (κ1) is 14.0. The van der Waals surface area contributed by atoms with Gasteiger partial charge < -0.3 is 9.30 Å². The second-order valence-electron chi connectivity index (χ2n) is 5.07. The maximum Gasteiger partial charge on any atom is 0.267 e. The van der Waals surface area contributed by atoms with Crippen molar-refractivity contribution in [3.8, 4) is 5.88 Å². The number of ether oxygens (including phenoxy) is 1. The fourth-order valence-electron chi connectivity index (χ4n) is 2.63. The minimum atomic E-state index is -0.180. The van der Waals surface area contributed by atoms with Crippen LogP contribution in [0.15, 0.2) is 36.7 Å². The predicted octanol–water partition coefficient (Wildman–Crippen LogP) is 1.91. The summed E-state index contributed by atoms with van der Waals surface area (Å²) in [6.45, 7) is 1.16. The topological polar surface area (TPSA) is 73.1 Å². The molecule has 0 radical (unpaired) electrons. The third kappa shape index (κ3) is 2.49. The summed E-state index contributed by atoms with van der Waals surface area (Å²) in [6, 6.07) is 7.82. The van der Waals surface area contributed by atoms with Crippen molar-refractivity contribution in [2.75, 3.05) is 18.1 Å². The van der Waals surface area contributed by atoms with E-state index in [0.29, 0.717) is 12.5 Å². The highest BCUT2D eigenvalue weighted by Gasteiger charge is 2.28. The van der Waals surface area contributed by atoms with Crippen LogP contribution >= 0.6 is 11.6 Å². The van der Waals surface area contributed by atoms with Crippen LogP contribution in [0, 0.1) is 0 Å². The van der Waals surface area contributed by atoms with Gasteiger partial charge in [0.05, 0.1) is 23.4 Å². The quantitative estimate of drug-likeness (QED) is 0.734. The van der Waals surface area contributed by atoms with Gasteiger partial charge in [-0.2, -0.15) is 4.98 Å². The number of fused-ring (bicyclic) bond motifs is 3. The van der Waals surface area contributed by atoms with E-state index in [-0.39, 0.29) is 23.5 Å². The predicted molar refractivity (Wildman–Crippen MR) is 84.6 cm³/mol. The zero-order chi connectivity index (χ0) is 15.8. The molecule has 0 fully saturated rings. The highest BCUT2D eigenvalue weighted by molar-refractivity contribution is 6.29. The molecule has 0 saturated heterocycles. The number of rotatable bonds is 3. The Morgan fingerprint density at radius 1 is 1.22 bits per heavy atom. The van der Waals surface area contributed by atoms with Crippen LogP contribution in [0.5, 0.6) is 5.88 Å².